The molecule has 2 saturated heterocycles. The molecular weight excluding hydrogens is 228 g/mol. The van der Waals surface area contributed by atoms with Crippen LogP contribution in [0.2, 0.25) is 0 Å². The lowest BCUT2D eigenvalue weighted by atomic mass is 9.77. The van der Waals surface area contributed by atoms with E-state index in [1.807, 2.05) is 18.7 Å². The van der Waals surface area contributed by atoms with E-state index in [1.54, 1.807) is 0 Å². The van der Waals surface area contributed by atoms with Crippen LogP contribution in [0.4, 0.5) is 0 Å². The van der Waals surface area contributed by atoms with Crippen LogP contribution in [0.15, 0.2) is 0 Å². The highest BCUT2D eigenvalue weighted by atomic mass is 16.5. The molecule has 0 saturated carbocycles. The maximum atomic E-state index is 12.7. The number of piperidine rings is 1. The Morgan fingerprint density at radius 1 is 1.28 bits per heavy atom. The fourth-order valence-corrected chi connectivity index (χ4v) is 3.17. The molecule has 4 nitrogen and oxygen atoms in total. The van der Waals surface area contributed by atoms with Gasteiger partial charge in [0.1, 0.15) is 0 Å². The number of carbonyl (C=O) groups is 1. The van der Waals surface area contributed by atoms with Crippen LogP contribution >= 0.6 is 0 Å². The maximum absolute atomic E-state index is 12.7. The van der Waals surface area contributed by atoms with Crippen LogP contribution < -0.4 is 5.32 Å². The largest absolute Gasteiger partial charge is 0.372 e. The van der Waals surface area contributed by atoms with E-state index in [-0.39, 0.29) is 29.6 Å². The van der Waals surface area contributed by atoms with Crippen molar-refractivity contribution in [2.45, 2.75) is 58.8 Å². The van der Waals surface area contributed by atoms with Crippen LogP contribution in [-0.2, 0) is 9.53 Å². The van der Waals surface area contributed by atoms with Crippen molar-refractivity contribution >= 4 is 5.91 Å². The topological polar surface area (TPSA) is 41.6 Å². The Labute approximate surface area is 110 Å². The van der Waals surface area contributed by atoms with Crippen LogP contribution in [0.1, 0.15) is 40.5 Å². The van der Waals surface area contributed by atoms with E-state index in [0.717, 1.165) is 32.5 Å². The normalized spacial score (nSPS) is 36.4. The molecule has 1 N–H and O–H groups in total. The zero-order chi connectivity index (χ0) is 13.3. The summed E-state index contributed by atoms with van der Waals surface area (Å²) < 4.78 is 5.69. The number of ether oxygens (including phenoxy) is 1. The van der Waals surface area contributed by atoms with Crippen LogP contribution in [0.3, 0.4) is 0 Å². The summed E-state index contributed by atoms with van der Waals surface area (Å²) in [5.74, 6) is 0.252. The molecule has 0 bridgehead atoms. The minimum atomic E-state index is -0.0382. The summed E-state index contributed by atoms with van der Waals surface area (Å²) >= 11 is 0. The first-order valence-corrected chi connectivity index (χ1v) is 7.08. The average Bonchev–Trinajstić information content (AvgIpc) is 2.26. The smallest absolute Gasteiger partial charge is 0.240 e. The molecule has 2 fully saturated rings. The van der Waals surface area contributed by atoms with Gasteiger partial charge in [-0.15, -0.1) is 0 Å². The minimum Gasteiger partial charge on any atom is -0.372 e. The Bertz CT molecular complexity index is 307. The van der Waals surface area contributed by atoms with Crippen molar-refractivity contribution in [3.8, 4) is 0 Å². The van der Waals surface area contributed by atoms with Crippen molar-refractivity contribution in [1.82, 2.24) is 10.2 Å². The third-order valence-electron chi connectivity index (χ3n) is 4.11. The molecule has 2 aliphatic heterocycles. The highest BCUT2D eigenvalue weighted by Gasteiger charge is 2.40. The number of carbonyl (C=O) groups excluding carboxylic acids is 1. The molecule has 104 valence electrons. The molecule has 3 atom stereocenters. The van der Waals surface area contributed by atoms with Gasteiger partial charge in [0, 0.05) is 13.1 Å². The molecule has 0 aliphatic carbocycles. The molecule has 18 heavy (non-hydrogen) atoms. The lowest BCUT2D eigenvalue weighted by molar-refractivity contribution is -0.149. The number of amides is 1. The molecule has 0 radical (unpaired) electrons. The Hall–Kier alpha value is -0.610. The second kappa shape index (κ2) is 5.17. The Morgan fingerprint density at radius 2 is 1.89 bits per heavy atom. The molecule has 2 rings (SSSR count). The Balaban J connectivity index is 2.05. The van der Waals surface area contributed by atoms with Gasteiger partial charge in [-0.2, -0.15) is 0 Å². The summed E-state index contributed by atoms with van der Waals surface area (Å²) in [6.07, 6.45) is 2.56. The van der Waals surface area contributed by atoms with Gasteiger partial charge in [-0.05, 0) is 38.6 Å². The zero-order valence-corrected chi connectivity index (χ0v) is 12.0. The SMILES string of the molecule is C[C@@H]1CN(C(=O)C2NCCCC2(C)C)C[C@H](C)O1. The second-order valence-electron chi connectivity index (χ2n) is 6.48. The summed E-state index contributed by atoms with van der Waals surface area (Å²) in [5.41, 5.74) is 0.0557. The monoisotopic (exact) mass is 254 g/mol. The van der Waals surface area contributed by atoms with Crippen molar-refractivity contribution in [2.24, 2.45) is 5.41 Å². The van der Waals surface area contributed by atoms with Gasteiger partial charge in [0.25, 0.3) is 0 Å². The average molecular weight is 254 g/mol. The molecule has 2 aliphatic rings. The molecule has 1 unspecified atom stereocenters. The first-order chi connectivity index (χ1) is 8.40. The minimum absolute atomic E-state index is 0.0382. The van der Waals surface area contributed by atoms with Crippen LogP contribution in [0.5, 0.6) is 0 Å². The summed E-state index contributed by atoms with van der Waals surface area (Å²) in [4.78, 5) is 14.6. The first-order valence-electron chi connectivity index (χ1n) is 7.08. The number of nitrogens with zero attached hydrogens (tertiary/aromatic N) is 1. The predicted molar refractivity (Wildman–Crippen MR) is 71.4 cm³/mol. The third-order valence-corrected chi connectivity index (χ3v) is 4.11. The number of hydrogen-bond acceptors (Lipinski definition) is 3. The van der Waals surface area contributed by atoms with Crippen LogP contribution in [0.25, 0.3) is 0 Å². The fraction of sp³-hybridized carbons (Fsp3) is 0.929. The number of nitrogens with one attached hydrogen (secondary N) is 1. The van der Waals surface area contributed by atoms with Gasteiger partial charge in [0.2, 0.25) is 5.91 Å². The molecule has 0 aromatic heterocycles. The van der Waals surface area contributed by atoms with Gasteiger partial charge in [0.15, 0.2) is 0 Å². The fourth-order valence-electron chi connectivity index (χ4n) is 3.17. The van der Waals surface area contributed by atoms with E-state index in [4.69, 9.17) is 4.74 Å². The van der Waals surface area contributed by atoms with Gasteiger partial charge in [-0.25, -0.2) is 0 Å². The predicted octanol–water partition coefficient (Wildman–Crippen LogP) is 1.40. The first kappa shape index (κ1) is 13.8. The number of hydrogen-bond donors (Lipinski definition) is 1. The molecule has 4 heteroatoms. The summed E-state index contributed by atoms with van der Waals surface area (Å²) in [6, 6.07) is -0.0382. The van der Waals surface area contributed by atoms with Gasteiger partial charge >= 0.3 is 0 Å². The molecule has 0 aromatic rings. The quantitative estimate of drug-likeness (QED) is 0.769. The van der Waals surface area contributed by atoms with Crippen molar-refractivity contribution < 1.29 is 9.53 Å². The van der Waals surface area contributed by atoms with E-state index >= 15 is 0 Å². The van der Waals surface area contributed by atoms with E-state index in [9.17, 15) is 4.79 Å². The standard InChI is InChI=1S/C14H26N2O2/c1-10-8-16(9-11(2)18-10)13(17)12-14(3,4)6-5-7-15-12/h10-12,15H,5-9H2,1-4H3/t10-,11+,12?. The zero-order valence-electron chi connectivity index (χ0n) is 12.0. The molecule has 0 aromatic carbocycles. The lowest BCUT2D eigenvalue weighted by Crippen LogP contribution is -2.60. The van der Waals surface area contributed by atoms with Gasteiger partial charge in [-0.1, -0.05) is 13.8 Å². The number of morpholine rings is 1. The third kappa shape index (κ3) is 2.86. The lowest BCUT2D eigenvalue weighted by Gasteiger charge is -2.43. The van der Waals surface area contributed by atoms with Crippen molar-refractivity contribution in [2.75, 3.05) is 19.6 Å². The molecule has 0 spiro atoms. The van der Waals surface area contributed by atoms with E-state index in [0.29, 0.717) is 0 Å². The van der Waals surface area contributed by atoms with Crippen LogP contribution in [-0.4, -0.2) is 48.7 Å². The summed E-state index contributed by atoms with van der Waals surface area (Å²) in [5, 5.41) is 3.40. The van der Waals surface area contributed by atoms with Gasteiger partial charge in [-0.3, -0.25) is 4.79 Å². The van der Waals surface area contributed by atoms with E-state index in [2.05, 4.69) is 19.2 Å². The summed E-state index contributed by atoms with van der Waals surface area (Å²) in [7, 11) is 0. The Kier molecular flexibility index (Phi) is 3.97. The van der Waals surface area contributed by atoms with E-state index < -0.39 is 0 Å². The second-order valence-corrected chi connectivity index (χ2v) is 6.48. The van der Waals surface area contributed by atoms with Crippen LogP contribution in [0, 0.1) is 5.41 Å². The summed E-state index contributed by atoms with van der Waals surface area (Å²) in [6.45, 7) is 10.8. The van der Waals surface area contributed by atoms with Gasteiger partial charge in [0.05, 0.1) is 18.2 Å². The van der Waals surface area contributed by atoms with Crippen molar-refractivity contribution in [1.29, 1.82) is 0 Å². The maximum Gasteiger partial charge on any atom is 0.240 e. The van der Waals surface area contributed by atoms with Gasteiger partial charge < -0.3 is 15.0 Å². The molecule has 1 amide bonds. The highest BCUT2D eigenvalue weighted by molar-refractivity contribution is 5.83. The van der Waals surface area contributed by atoms with E-state index in [1.165, 1.54) is 0 Å². The molecule has 2 heterocycles. The van der Waals surface area contributed by atoms with Crippen molar-refractivity contribution in [3.05, 3.63) is 0 Å². The molecular formula is C14H26N2O2. The van der Waals surface area contributed by atoms with Crippen molar-refractivity contribution in [3.63, 3.8) is 0 Å². The Morgan fingerprint density at radius 3 is 2.44 bits per heavy atom. The number of rotatable bonds is 1. The highest BCUT2D eigenvalue weighted by Crippen LogP contribution is 2.31.